The average Bonchev–Trinajstić information content (AvgIpc) is 0.780. The van der Waals surface area contributed by atoms with Crippen LogP contribution in [-0.4, -0.2) is 127 Å². The molecular formula is C68H92N4O16S4. The Morgan fingerprint density at radius 1 is 0.304 bits per heavy atom. The second-order valence-corrected chi connectivity index (χ2v) is 29.7. The van der Waals surface area contributed by atoms with Crippen LogP contribution in [0.2, 0.25) is 0 Å². The van der Waals surface area contributed by atoms with Gasteiger partial charge in [0.1, 0.15) is 23.0 Å². The quantitative estimate of drug-likeness (QED) is 0.0194. The van der Waals surface area contributed by atoms with E-state index in [1.54, 1.807) is 27.7 Å². The molecule has 8 bridgehead atoms. The van der Waals surface area contributed by atoms with Gasteiger partial charge in [0, 0.05) is 26.2 Å². The van der Waals surface area contributed by atoms with Crippen molar-refractivity contribution in [1.29, 1.82) is 0 Å². The highest BCUT2D eigenvalue weighted by molar-refractivity contribution is 8.01. The molecule has 1 heterocycles. The van der Waals surface area contributed by atoms with Gasteiger partial charge in [-0.25, -0.2) is 19.2 Å². The van der Waals surface area contributed by atoms with Crippen molar-refractivity contribution in [3.63, 3.8) is 0 Å². The molecule has 92 heavy (non-hydrogen) atoms. The molecule has 504 valence electrons. The van der Waals surface area contributed by atoms with Crippen molar-refractivity contribution in [3.8, 4) is 23.0 Å². The predicted molar refractivity (Wildman–Crippen MR) is 356 cm³/mol. The summed E-state index contributed by atoms with van der Waals surface area (Å²) in [6.07, 6.45) is 1.24. The van der Waals surface area contributed by atoms with Crippen molar-refractivity contribution >= 4 is 94.6 Å². The Balaban J connectivity index is 1.89. The molecule has 1 aliphatic rings. The van der Waals surface area contributed by atoms with Gasteiger partial charge in [0.25, 0.3) is 0 Å². The van der Waals surface area contributed by atoms with E-state index in [0.717, 1.165) is 61.4 Å². The van der Waals surface area contributed by atoms with E-state index in [-0.39, 0.29) is 79.0 Å². The smallest absolute Gasteiger partial charge is 0.396 e. The number of fused-ring (bicyclic) bond motifs is 8. The van der Waals surface area contributed by atoms with Crippen LogP contribution in [0.5, 0.6) is 23.0 Å². The van der Waals surface area contributed by atoms with Gasteiger partial charge >= 0.3 is 47.5 Å². The molecule has 4 aromatic rings. The molecule has 0 atom stereocenters. The number of ether oxygens (including phenoxy) is 8. The molecule has 0 unspecified atom stereocenters. The minimum Gasteiger partial charge on any atom is -0.491 e. The summed E-state index contributed by atoms with van der Waals surface area (Å²) in [5, 5.41) is 10.6. The molecule has 0 spiro atoms. The van der Waals surface area contributed by atoms with E-state index in [1.807, 2.05) is 0 Å². The summed E-state index contributed by atoms with van der Waals surface area (Å²) in [7, 11) is 0. The Labute approximate surface area is 559 Å². The van der Waals surface area contributed by atoms with Crippen LogP contribution in [0.4, 0.5) is 0 Å². The van der Waals surface area contributed by atoms with E-state index in [1.165, 1.54) is 47.0 Å². The molecule has 1 aliphatic heterocycles. The van der Waals surface area contributed by atoms with Gasteiger partial charge in [-0.15, -0.1) is 0 Å². The van der Waals surface area contributed by atoms with Crippen LogP contribution in [0, 0.1) is 0 Å². The Kier molecular flexibility index (Phi) is 28.9. The topological polar surface area (TPSA) is 259 Å². The lowest BCUT2D eigenvalue weighted by atomic mass is 9.87. The lowest BCUT2D eigenvalue weighted by Crippen LogP contribution is -2.33. The van der Waals surface area contributed by atoms with E-state index < -0.39 is 69.2 Å². The maximum atomic E-state index is 12.7. The van der Waals surface area contributed by atoms with Crippen molar-refractivity contribution in [3.05, 3.63) is 70.8 Å². The number of benzene rings is 4. The second kappa shape index (κ2) is 34.9. The average molecular weight is 1350 g/mol. The summed E-state index contributed by atoms with van der Waals surface area (Å²) in [5.41, 5.74) is 2.25. The van der Waals surface area contributed by atoms with Gasteiger partial charge in [0.05, 0.1) is 92.0 Å². The fourth-order valence-corrected chi connectivity index (χ4v) is 13.3. The highest BCUT2D eigenvalue weighted by Gasteiger charge is 2.31. The predicted octanol–water partition coefficient (Wildman–Crippen LogP) is 11.6. The first-order valence-electron chi connectivity index (χ1n) is 31.1. The third-order valence-corrected chi connectivity index (χ3v) is 17.9. The van der Waals surface area contributed by atoms with Crippen molar-refractivity contribution in [2.45, 2.75) is 197 Å². The molecular weight excluding hydrogens is 1260 g/mol. The number of nitrogens with one attached hydrogen (secondary N) is 4. The number of amides is 4. The summed E-state index contributed by atoms with van der Waals surface area (Å²) in [5.74, 6) is -5.25. The molecule has 0 fully saturated rings. The lowest BCUT2D eigenvalue weighted by Gasteiger charge is -2.28. The highest BCUT2D eigenvalue weighted by atomic mass is 32.2. The Hall–Kier alpha value is -6.76. The van der Waals surface area contributed by atoms with Crippen LogP contribution in [0.3, 0.4) is 0 Å². The minimum atomic E-state index is -0.978. The van der Waals surface area contributed by atoms with Crippen molar-refractivity contribution in [1.82, 2.24) is 21.3 Å². The molecule has 4 N–H and O–H groups in total. The number of rotatable bonds is 24. The van der Waals surface area contributed by atoms with E-state index in [0.29, 0.717) is 48.7 Å². The van der Waals surface area contributed by atoms with Gasteiger partial charge < -0.3 is 59.2 Å². The molecule has 0 aliphatic carbocycles. The Morgan fingerprint density at radius 3 is 0.609 bits per heavy atom. The summed E-state index contributed by atoms with van der Waals surface area (Å²) in [6, 6.07) is 17.0. The van der Waals surface area contributed by atoms with Crippen LogP contribution < -0.4 is 40.2 Å². The monoisotopic (exact) mass is 1350 g/mol. The lowest BCUT2D eigenvalue weighted by molar-refractivity contribution is -0.154. The highest BCUT2D eigenvalue weighted by Crippen LogP contribution is 2.56. The summed E-state index contributed by atoms with van der Waals surface area (Å²) in [6.45, 7) is 33.2. The molecule has 24 heteroatoms. The minimum absolute atomic E-state index is 0.0495. The second-order valence-electron chi connectivity index (χ2n) is 25.3. The summed E-state index contributed by atoms with van der Waals surface area (Å²) in [4.78, 5) is 106. The zero-order valence-corrected chi connectivity index (χ0v) is 59.4. The first-order valence-corrected chi connectivity index (χ1v) is 34.3. The van der Waals surface area contributed by atoms with Crippen LogP contribution >= 0.6 is 47.0 Å². The van der Waals surface area contributed by atoms with Crippen LogP contribution in [0.15, 0.2) is 87.7 Å². The fourth-order valence-electron chi connectivity index (χ4n) is 8.56. The number of carbonyl (C=O) groups excluding carboxylic acids is 8. The van der Waals surface area contributed by atoms with Crippen LogP contribution in [0.1, 0.15) is 159 Å². The van der Waals surface area contributed by atoms with E-state index in [9.17, 15) is 38.4 Å². The maximum absolute atomic E-state index is 12.7. The Bertz CT molecular complexity index is 2770. The largest absolute Gasteiger partial charge is 0.491 e. The summed E-state index contributed by atoms with van der Waals surface area (Å²) < 4.78 is 47.7. The van der Waals surface area contributed by atoms with Crippen molar-refractivity contribution in [2.24, 2.45) is 0 Å². The maximum Gasteiger partial charge on any atom is 0.396 e. The molecule has 4 aromatic carbocycles. The van der Waals surface area contributed by atoms with Gasteiger partial charge in [0.15, 0.2) is 0 Å². The van der Waals surface area contributed by atoms with Gasteiger partial charge in [-0.3, -0.25) is 19.2 Å². The first-order chi connectivity index (χ1) is 43.3. The molecule has 0 saturated carbocycles. The molecule has 0 saturated heterocycles. The van der Waals surface area contributed by atoms with Crippen LogP contribution in [-0.2, 0) is 79.0 Å². The standard InChI is InChI=1S/C68H92N4O16S4/c1-17-81-61(77)57(73)69-25-21-29-85-53-45-33-41(65(5,6)7)34-46(53)90-48-36-43(67(11,12)13)38-50(55(48)87-31-23-27-71-59(75)63(79)83-19-3)92-52-40-44(68(14,15)16)39-51(56(52)88-32-24-28-72-60(76)64(80)84-20-4)91-49-37-42(66(8,9)10)35-47(89-45)54(49)86-30-22-26-70-58(74)62(78)82-18-2/h33-40H,17-32H2,1-16H3,(H,69,73)(H,70,74)(H,71,75)(H,72,76). The van der Waals surface area contributed by atoms with E-state index >= 15 is 0 Å². The number of hydrogen-bond donors (Lipinski definition) is 4. The molecule has 5 rings (SSSR count). The Morgan fingerprint density at radius 2 is 0.467 bits per heavy atom. The zero-order valence-electron chi connectivity index (χ0n) is 56.1. The molecule has 4 amide bonds. The van der Waals surface area contributed by atoms with Gasteiger partial charge in [-0.1, -0.05) is 130 Å². The number of hydrogen-bond acceptors (Lipinski definition) is 20. The molecule has 0 radical (unpaired) electrons. The van der Waals surface area contributed by atoms with Gasteiger partial charge in [-0.05, 0) is 146 Å². The van der Waals surface area contributed by atoms with E-state index in [4.69, 9.17) is 37.9 Å². The van der Waals surface area contributed by atoms with Crippen LogP contribution in [0.25, 0.3) is 0 Å². The SMILES string of the molecule is CCOC(=O)C(=O)NCCCOc1c2cc(C(C)(C)C)cc1Sc1cc(C(C)(C)C)cc(c1OCCCNC(=O)C(=O)OCC)Sc1cc(C(C)(C)C)cc(c1OCCCNC(=O)C(=O)OCC)Sc1cc(C(C)(C)C)cc(c1OCCCNC(=O)C(=O)OCC)S2. The van der Waals surface area contributed by atoms with Crippen molar-refractivity contribution < 1.29 is 76.3 Å². The van der Waals surface area contributed by atoms with E-state index in [2.05, 4.69) is 153 Å². The normalized spacial score (nSPS) is 12.3. The summed E-state index contributed by atoms with van der Waals surface area (Å²) >= 11 is 5.83. The molecule has 0 aromatic heterocycles. The van der Waals surface area contributed by atoms with Crippen molar-refractivity contribution in [2.75, 3.05) is 79.0 Å². The first kappa shape index (κ1) is 76.0. The number of carbonyl (C=O) groups is 8. The molecule has 20 nitrogen and oxygen atoms in total. The third-order valence-electron chi connectivity index (χ3n) is 13.7. The fraction of sp³-hybridized carbons (Fsp3) is 0.529. The zero-order chi connectivity index (χ0) is 68.1. The third kappa shape index (κ3) is 22.8. The van der Waals surface area contributed by atoms with Gasteiger partial charge in [0.2, 0.25) is 0 Å². The van der Waals surface area contributed by atoms with Gasteiger partial charge in [-0.2, -0.15) is 0 Å². The number of esters is 4.